The van der Waals surface area contributed by atoms with Gasteiger partial charge in [0, 0.05) is 81.4 Å². The Hall–Kier alpha value is -3.40. The maximum Gasteiger partial charge on any atom is 0.320 e. The van der Waals surface area contributed by atoms with Gasteiger partial charge in [0.2, 0.25) is 5.91 Å². The Morgan fingerprint density at radius 2 is 1.89 bits per heavy atom. The largest absolute Gasteiger partial charge is 0.373 e. The molecular weight excluding hydrogens is 478 g/mol. The zero-order valence-corrected chi connectivity index (χ0v) is 21.1. The molecule has 4 aliphatic rings. The van der Waals surface area contributed by atoms with Crippen LogP contribution in [0.5, 0.6) is 0 Å². The second-order valence-corrected chi connectivity index (χ2v) is 10.7. The molecule has 3 fully saturated rings. The van der Waals surface area contributed by atoms with Crippen molar-refractivity contribution >= 4 is 29.0 Å². The predicted octanol–water partition coefficient (Wildman–Crippen LogP) is 2.88. The van der Waals surface area contributed by atoms with Gasteiger partial charge in [-0.15, -0.1) is 0 Å². The summed E-state index contributed by atoms with van der Waals surface area (Å²) in [5.41, 5.74) is 3.18. The summed E-state index contributed by atoms with van der Waals surface area (Å²) in [5.74, 6) is -1.06. The first-order chi connectivity index (χ1) is 17.8. The van der Waals surface area contributed by atoms with Crippen LogP contribution in [0.3, 0.4) is 0 Å². The summed E-state index contributed by atoms with van der Waals surface area (Å²) in [7, 11) is 1.85. The molecule has 2 aromatic carbocycles. The van der Waals surface area contributed by atoms with Gasteiger partial charge < -0.3 is 25.3 Å². The van der Waals surface area contributed by atoms with Crippen LogP contribution in [0.1, 0.15) is 17.5 Å². The van der Waals surface area contributed by atoms with Crippen LogP contribution < -0.4 is 15.5 Å². The highest BCUT2D eigenvalue weighted by Gasteiger charge is 2.41. The van der Waals surface area contributed by atoms with Gasteiger partial charge in [0.1, 0.15) is 17.7 Å². The van der Waals surface area contributed by atoms with Crippen LogP contribution in [-0.2, 0) is 11.2 Å². The SMILES string of the molecule is Cc1ccc(F)c2c1NC(C(=O)Nc1cc(F)cc(N3CC[C@H](N4CCN5C(=O)N(C)C[C@H]5C4)C3)c1)C2. The van der Waals surface area contributed by atoms with Crippen LogP contribution >= 0.6 is 0 Å². The van der Waals surface area contributed by atoms with E-state index in [-0.39, 0.29) is 30.2 Å². The fraction of sp³-hybridized carbons (Fsp3) is 0.481. The number of benzene rings is 2. The van der Waals surface area contributed by atoms with E-state index in [1.165, 1.54) is 18.2 Å². The number of carbonyl (C=O) groups excluding carboxylic acids is 2. The Kier molecular flexibility index (Phi) is 5.94. The molecule has 8 nitrogen and oxygen atoms in total. The third-order valence-electron chi connectivity index (χ3n) is 8.27. The summed E-state index contributed by atoms with van der Waals surface area (Å²) >= 11 is 0. The first-order valence-corrected chi connectivity index (χ1v) is 12.9. The van der Waals surface area contributed by atoms with Crippen molar-refractivity contribution in [1.29, 1.82) is 0 Å². The molecule has 3 atom stereocenters. The standard InChI is InChI=1S/C27H32F2N6O2/c1-16-3-4-23(29)22-12-24(31-25(16)22)26(36)30-18-9-17(28)10-20(11-18)33-6-5-19(14-33)34-7-8-35-21(15-34)13-32(2)27(35)37/h3-4,9-11,19,21,24,31H,5-8,12-15H2,1-2H3,(H,30,36)/t19-,21-,24?/m0/s1. The van der Waals surface area contributed by atoms with Crippen LogP contribution in [0.25, 0.3) is 0 Å². The number of amides is 3. The third-order valence-corrected chi connectivity index (χ3v) is 8.27. The van der Waals surface area contributed by atoms with Gasteiger partial charge in [-0.1, -0.05) is 6.07 Å². The smallest absolute Gasteiger partial charge is 0.320 e. The van der Waals surface area contributed by atoms with E-state index in [1.807, 2.05) is 18.9 Å². The number of nitrogens with zero attached hydrogens (tertiary/aromatic N) is 4. The van der Waals surface area contributed by atoms with Gasteiger partial charge in [-0.3, -0.25) is 9.69 Å². The highest BCUT2D eigenvalue weighted by molar-refractivity contribution is 5.98. The minimum absolute atomic E-state index is 0.115. The highest BCUT2D eigenvalue weighted by atomic mass is 19.1. The molecule has 196 valence electrons. The Balaban J connectivity index is 1.10. The molecule has 0 radical (unpaired) electrons. The van der Waals surface area contributed by atoms with Crippen molar-refractivity contribution in [2.24, 2.45) is 0 Å². The fourth-order valence-electron chi connectivity index (χ4n) is 6.29. The summed E-state index contributed by atoms with van der Waals surface area (Å²) < 4.78 is 28.8. The van der Waals surface area contributed by atoms with Crippen LogP contribution in [-0.4, -0.2) is 91.1 Å². The molecule has 10 heteroatoms. The minimum Gasteiger partial charge on any atom is -0.373 e. The van der Waals surface area contributed by atoms with Gasteiger partial charge in [0.05, 0.1) is 6.04 Å². The highest BCUT2D eigenvalue weighted by Crippen LogP contribution is 2.33. The molecule has 6 rings (SSSR count). The molecule has 2 N–H and O–H groups in total. The number of anilines is 3. The molecule has 1 unspecified atom stereocenters. The van der Waals surface area contributed by atoms with Crippen molar-refractivity contribution in [3.05, 3.63) is 53.1 Å². The molecular formula is C27H32F2N6O2. The van der Waals surface area contributed by atoms with Gasteiger partial charge >= 0.3 is 6.03 Å². The van der Waals surface area contributed by atoms with E-state index in [0.717, 1.165) is 56.9 Å². The summed E-state index contributed by atoms with van der Waals surface area (Å²) in [6.45, 7) is 6.63. The number of piperazine rings is 1. The van der Waals surface area contributed by atoms with Crippen LogP contribution in [0, 0.1) is 18.6 Å². The maximum atomic E-state index is 14.6. The number of carbonyl (C=O) groups is 2. The Morgan fingerprint density at radius 3 is 2.70 bits per heavy atom. The van der Waals surface area contributed by atoms with Crippen molar-refractivity contribution in [1.82, 2.24) is 14.7 Å². The zero-order chi connectivity index (χ0) is 25.8. The molecule has 37 heavy (non-hydrogen) atoms. The van der Waals surface area contributed by atoms with E-state index >= 15 is 0 Å². The van der Waals surface area contributed by atoms with Crippen LogP contribution in [0.4, 0.5) is 30.6 Å². The maximum absolute atomic E-state index is 14.6. The van der Waals surface area contributed by atoms with Crippen molar-refractivity contribution in [3.63, 3.8) is 0 Å². The quantitative estimate of drug-likeness (QED) is 0.662. The van der Waals surface area contributed by atoms with Gasteiger partial charge in [-0.2, -0.15) is 0 Å². The topological polar surface area (TPSA) is 71.2 Å². The summed E-state index contributed by atoms with van der Waals surface area (Å²) in [5, 5.41) is 5.95. The lowest BCUT2D eigenvalue weighted by Crippen LogP contribution is -2.55. The van der Waals surface area contributed by atoms with E-state index in [4.69, 9.17) is 0 Å². The van der Waals surface area contributed by atoms with E-state index in [2.05, 4.69) is 20.4 Å². The van der Waals surface area contributed by atoms with Crippen molar-refractivity contribution in [2.75, 3.05) is 61.8 Å². The number of fused-ring (bicyclic) bond motifs is 2. The normalized spacial score (nSPS) is 25.4. The van der Waals surface area contributed by atoms with Gasteiger partial charge in [0.25, 0.3) is 0 Å². The Morgan fingerprint density at radius 1 is 1.05 bits per heavy atom. The first kappa shape index (κ1) is 24.0. The summed E-state index contributed by atoms with van der Waals surface area (Å²) in [6, 6.07) is 7.79. The van der Waals surface area contributed by atoms with E-state index in [1.54, 1.807) is 17.0 Å². The van der Waals surface area contributed by atoms with Crippen molar-refractivity contribution < 1.29 is 18.4 Å². The Labute approximate surface area is 215 Å². The summed E-state index contributed by atoms with van der Waals surface area (Å²) in [6.07, 6.45) is 1.21. The fourth-order valence-corrected chi connectivity index (χ4v) is 6.29. The molecule has 0 saturated carbocycles. The molecule has 0 aromatic heterocycles. The monoisotopic (exact) mass is 510 g/mol. The number of hydrogen-bond donors (Lipinski definition) is 2. The molecule has 2 aromatic rings. The third kappa shape index (κ3) is 4.37. The second-order valence-electron chi connectivity index (χ2n) is 10.7. The van der Waals surface area contributed by atoms with E-state index < -0.39 is 11.9 Å². The van der Waals surface area contributed by atoms with Gasteiger partial charge in [-0.05, 0) is 43.2 Å². The van der Waals surface area contributed by atoms with Gasteiger partial charge in [0.15, 0.2) is 0 Å². The number of hydrogen-bond acceptors (Lipinski definition) is 5. The van der Waals surface area contributed by atoms with Crippen LogP contribution in [0.15, 0.2) is 30.3 Å². The number of likely N-dealkylation sites (N-methyl/N-ethyl adjacent to an activating group) is 1. The molecule has 0 spiro atoms. The lowest BCUT2D eigenvalue weighted by Gasteiger charge is -2.39. The van der Waals surface area contributed by atoms with Gasteiger partial charge in [-0.25, -0.2) is 13.6 Å². The Bertz CT molecular complexity index is 1220. The first-order valence-electron chi connectivity index (χ1n) is 12.9. The molecule has 0 aliphatic carbocycles. The molecule has 3 saturated heterocycles. The second kappa shape index (κ2) is 9.16. The lowest BCUT2D eigenvalue weighted by molar-refractivity contribution is -0.116. The average molecular weight is 511 g/mol. The number of halogens is 2. The average Bonchev–Trinajstić information content (AvgIpc) is 3.60. The van der Waals surface area contributed by atoms with Crippen molar-refractivity contribution in [2.45, 2.75) is 37.9 Å². The predicted molar refractivity (Wildman–Crippen MR) is 138 cm³/mol. The minimum atomic E-state index is -0.617. The molecule has 0 bridgehead atoms. The molecule has 4 aliphatic heterocycles. The zero-order valence-electron chi connectivity index (χ0n) is 21.1. The summed E-state index contributed by atoms with van der Waals surface area (Å²) in [4.78, 5) is 33.6. The molecule has 3 amide bonds. The van der Waals surface area contributed by atoms with Crippen molar-refractivity contribution in [3.8, 4) is 0 Å². The van der Waals surface area contributed by atoms with E-state index in [0.29, 0.717) is 23.0 Å². The lowest BCUT2D eigenvalue weighted by atomic mass is 10.1. The van der Waals surface area contributed by atoms with E-state index in [9.17, 15) is 18.4 Å². The number of rotatable bonds is 4. The number of urea groups is 1. The number of nitrogens with one attached hydrogen (secondary N) is 2. The van der Waals surface area contributed by atoms with Crippen LogP contribution in [0.2, 0.25) is 0 Å². The number of aryl methyl sites for hydroxylation is 1. The molecule has 4 heterocycles.